The van der Waals surface area contributed by atoms with Crippen molar-refractivity contribution in [2.24, 2.45) is 5.92 Å². The Morgan fingerprint density at radius 2 is 1.71 bits per heavy atom. The van der Waals surface area contributed by atoms with Crippen molar-refractivity contribution in [3.05, 3.63) is 0 Å². The highest BCUT2D eigenvalue weighted by atomic mass is 16.4. The van der Waals surface area contributed by atoms with E-state index >= 15 is 0 Å². The molecule has 0 aromatic carbocycles. The van der Waals surface area contributed by atoms with Crippen LogP contribution in [0.4, 0.5) is 0 Å². The van der Waals surface area contributed by atoms with E-state index in [0.29, 0.717) is 6.42 Å². The third kappa shape index (κ3) is 7.91. The number of rotatable bonds is 11. The van der Waals surface area contributed by atoms with Crippen LogP contribution in [-0.4, -0.2) is 71.1 Å². The molecule has 1 fully saturated rings. The summed E-state index contributed by atoms with van der Waals surface area (Å²) in [5.74, 6) is -4.47. The summed E-state index contributed by atoms with van der Waals surface area (Å²) in [4.78, 5) is 58.5. The Balaban J connectivity index is 2.78. The molecule has 0 spiro atoms. The minimum Gasteiger partial charge on any atom is -0.481 e. The van der Waals surface area contributed by atoms with Gasteiger partial charge in [-0.1, -0.05) is 13.8 Å². The van der Waals surface area contributed by atoms with Crippen molar-refractivity contribution in [1.29, 1.82) is 0 Å². The lowest BCUT2D eigenvalue weighted by Gasteiger charge is -2.26. The van der Waals surface area contributed by atoms with Crippen molar-refractivity contribution in [3.63, 3.8) is 0 Å². The molecule has 1 saturated heterocycles. The van der Waals surface area contributed by atoms with Gasteiger partial charge in [0.15, 0.2) is 0 Å². The number of carbonyl (C=O) groups excluding carboxylic acids is 3. The average Bonchev–Trinajstić information content (AvgIpc) is 3.14. The number of aliphatic carboxylic acids is 2. The van der Waals surface area contributed by atoms with E-state index in [1.807, 2.05) is 0 Å². The zero-order chi connectivity index (χ0) is 21.3. The SMILES string of the molecule is CC(C)C(NC(=O)C1CCCN1)C(=O)NC(CCC(=O)O)C(=O)NCC(=O)O. The van der Waals surface area contributed by atoms with Crippen LogP contribution in [0.15, 0.2) is 0 Å². The van der Waals surface area contributed by atoms with E-state index in [1.54, 1.807) is 13.8 Å². The van der Waals surface area contributed by atoms with Gasteiger partial charge in [-0.2, -0.15) is 0 Å². The lowest BCUT2D eigenvalue weighted by molar-refractivity contribution is -0.140. The minimum atomic E-state index is -1.27. The van der Waals surface area contributed by atoms with Gasteiger partial charge in [-0.05, 0) is 31.7 Å². The molecule has 6 N–H and O–H groups in total. The lowest BCUT2D eigenvalue weighted by atomic mass is 10.0. The van der Waals surface area contributed by atoms with Crippen molar-refractivity contribution >= 4 is 29.7 Å². The van der Waals surface area contributed by atoms with Gasteiger partial charge in [-0.25, -0.2) is 0 Å². The van der Waals surface area contributed by atoms with Crippen molar-refractivity contribution in [3.8, 4) is 0 Å². The summed E-state index contributed by atoms with van der Waals surface area (Å²) < 4.78 is 0. The van der Waals surface area contributed by atoms with Gasteiger partial charge in [0.05, 0.1) is 6.04 Å². The predicted octanol–water partition coefficient (Wildman–Crippen LogP) is -1.57. The Morgan fingerprint density at radius 3 is 2.21 bits per heavy atom. The molecule has 11 nitrogen and oxygen atoms in total. The van der Waals surface area contributed by atoms with Crippen LogP contribution >= 0.6 is 0 Å². The quantitative estimate of drug-likeness (QED) is 0.241. The third-order valence-electron chi connectivity index (χ3n) is 4.32. The summed E-state index contributed by atoms with van der Waals surface area (Å²) in [5.41, 5.74) is 0. The Morgan fingerprint density at radius 1 is 1.04 bits per heavy atom. The van der Waals surface area contributed by atoms with E-state index in [0.717, 1.165) is 13.0 Å². The maximum absolute atomic E-state index is 12.6. The molecule has 1 aliphatic heterocycles. The van der Waals surface area contributed by atoms with Crippen LogP contribution in [0.3, 0.4) is 0 Å². The highest BCUT2D eigenvalue weighted by molar-refractivity contribution is 5.94. The molecule has 0 saturated carbocycles. The van der Waals surface area contributed by atoms with Gasteiger partial charge in [0, 0.05) is 6.42 Å². The van der Waals surface area contributed by atoms with Gasteiger partial charge in [0.2, 0.25) is 17.7 Å². The van der Waals surface area contributed by atoms with Crippen LogP contribution < -0.4 is 21.3 Å². The molecule has 1 aliphatic rings. The molecule has 1 heterocycles. The van der Waals surface area contributed by atoms with E-state index in [-0.39, 0.29) is 24.3 Å². The van der Waals surface area contributed by atoms with Crippen LogP contribution in [0.2, 0.25) is 0 Å². The van der Waals surface area contributed by atoms with Crippen LogP contribution in [0, 0.1) is 5.92 Å². The molecule has 0 bridgehead atoms. The predicted molar refractivity (Wildman–Crippen MR) is 97.2 cm³/mol. The molecule has 0 aromatic heterocycles. The molecule has 158 valence electrons. The summed E-state index contributed by atoms with van der Waals surface area (Å²) in [6.07, 6.45) is 0.917. The second-order valence-corrected chi connectivity index (χ2v) is 6.98. The molecule has 1 rings (SSSR count). The largest absolute Gasteiger partial charge is 0.481 e. The number of carboxylic acid groups (broad SMARTS) is 2. The summed E-state index contributed by atoms with van der Waals surface area (Å²) >= 11 is 0. The van der Waals surface area contributed by atoms with Crippen molar-refractivity contribution in [2.45, 2.75) is 57.7 Å². The first kappa shape index (κ1) is 23.3. The number of nitrogens with one attached hydrogen (secondary N) is 4. The maximum Gasteiger partial charge on any atom is 0.322 e. The van der Waals surface area contributed by atoms with Crippen LogP contribution in [0.5, 0.6) is 0 Å². The first-order valence-corrected chi connectivity index (χ1v) is 9.17. The molecule has 3 amide bonds. The molecular formula is C17H28N4O7. The second-order valence-electron chi connectivity index (χ2n) is 6.98. The normalized spacial score (nSPS) is 18.2. The topological polar surface area (TPSA) is 174 Å². The summed E-state index contributed by atoms with van der Waals surface area (Å²) in [6.45, 7) is 3.51. The number of hydrogen-bond acceptors (Lipinski definition) is 6. The first-order valence-electron chi connectivity index (χ1n) is 9.17. The molecule has 0 aliphatic carbocycles. The van der Waals surface area contributed by atoms with Crippen LogP contribution in [0.25, 0.3) is 0 Å². The number of amides is 3. The Kier molecular flexibility index (Phi) is 9.36. The molecular weight excluding hydrogens is 372 g/mol. The van der Waals surface area contributed by atoms with Gasteiger partial charge >= 0.3 is 11.9 Å². The number of carboxylic acids is 2. The summed E-state index contributed by atoms with van der Waals surface area (Å²) in [7, 11) is 0. The highest BCUT2D eigenvalue weighted by Gasteiger charge is 2.31. The van der Waals surface area contributed by atoms with Gasteiger partial charge in [-0.15, -0.1) is 0 Å². The molecule has 11 heteroatoms. The van der Waals surface area contributed by atoms with Crippen molar-refractivity contribution in [1.82, 2.24) is 21.3 Å². The molecule has 0 radical (unpaired) electrons. The van der Waals surface area contributed by atoms with E-state index in [9.17, 15) is 24.0 Å². The maximum atomic E-state index is 12.6. The standard InChI is InChI=1S/C17H28N4O7/c1-9(2)14(21-16(27)10-4-3-7-18-10)17(28)20-11(5-6-12(22)23)15(26)19-8-13(24)25/h9-11,14,18H,3-8H2,1-2H3,(H,19,26)(H,20,28)(H,21,27)(H,22,23)(H,24,25). The highest BCUT2D eigenvalue weighted by Crippen LogP contribution is 2.09. The number of carbonyl (C=O) groups is 5. The van der Waals surface area contributed by atoms with Crippen LogP contribution in [-0.2, 0) is 24.0 Å². The number of hydrogen-bond donors (Lipinski definition) is 6. The fourth-order valence-corrected chi connectivity index (χ4v) is 2.78. The van der Waals surface area contributed by atoms with E-state index < -0.39 is 48.8 Å². The molecule has 28 heavy (non-hydrogen) atoms. The van der Waals surface area contributed by atoms with Gasteiger partial charge in [0.25, 0.3) is 0 Å². The monoisotopic (exact) mass is 400 g/mol. The fraction of sp³-hybridized carbons (Fsp3) is 0.706. The van der Waals surface area contributed by atoms with Gasteiger partial charge in [-0.3, -0.25) is 24.0 Å². The zero-order valence-electron chi connectivity index (χ0n) is 16.0. The van der Waals surface area contributed by atoms with Gasteiger partial charge in [0.1, 0.15) is 18.6 Å². The Hall–Kier alpha value is -2.69. The molecule has 3 atom stereocenters. The summed E-state index contributed by atoms with van der Waals surface area (Å²) in [5, 5.41) is 27.7. The first-order chi connectivity index (χ1) is 13.1. The Labute approximate surface area is 162 Å². The second kappa shape index (κ2) is 11.2. The van der Waals surface area contributed by atoms with E-state index in [4.69, 9.17) is 10.2 Å². The summed E-state index contributed by atoms with van der Waals surface area (Å²) in [6, 6.07) is -2.53. The average molecular weight is 400 g/mol. The fourth-order valence-electron chi connectivity index (χ4n) is 2.78. The smallest absolute Gasteiger partial charge is 0.322 e. The zero-order valence-corrected chi connectivity index (χ0v) is 16.0. The van der Waals surface area contributed by atoms with Crippen LogP contribution in [0.1, 0.15) is 39.5 Å². The van der Waals surface area contributed by atoms with Crippen molar-refractivity contribution in [2.75, 3.05) is 13.1 Å². The van der Waals surface area contributed by atoms with Crippen molar-refractivity contribution < 1.29 is 34.2 Å². The lowest BCUT2D eigenvalue weighted by Crippen LogP contribution is -2.57. The van der Waals surface area contributed by atoms with E-state index in [2.05, 4.69) is 21.3 Å². The molecule has 3 unspecified atom stereocenters. The third-order valence-corrected chi connectivity index (χ3v) is 4.32. The van der Waals surface area contributed by atoms with Gasteiger partial charge < -0.3 is 31.5 Å². The van der Waals surface area contributed by atoms with E-state index in [1.165, 1.54) is 0 Å². The molecule has 0 aromatic rings. The Bertz CT molecular complexity index is 602. The minimum absolute atomic E-state index is 0.213.